The molecule has 0 saturated carbocycles. The summed E-state index contributed by atoms with van der Waals surface area (Å²) < 4.78 is 359. The van der Waals surface area contributed by atoms with Crippen molar-refractivity contribution in [1.82, 2.24) is 0 Å². The number of hydrogen-bond acceptors (Lipinski definition) is 12. The van der Waals surface area contributed by atoms with Crippen LogP contribution >= 0.6 is 0 Å². The van der Waals surface area contributed by atoms with E-state index in [0.29, 0.717) is 65.6 Å². The van der Waals surface area contributed by atoms with Crippen molar-refractivity contribution in [1.29, 1.82) is 0 Å². The van der Waals surface area contributed by atoms with Crippen molar-refractivity contribution in [2.45, 2.75) is 67.2 Å². The first-order valence-electron chi connectivity index (χ1n) is 44.0. The van der Waals surface area contributed by atoms with Crippen molar-refractivity contribution in [2.24, 2.45) is 0 Å². The number of anilines is 12. The van der Waals surface area contributed by atoms with E-state index in [1.54, 1.807) is 43.5 Å². The van der Waals surface area contributed by atoms with Crippen LogP contribution in [0.3, 0.4) is 0 Å². The van der Waals surface area contributed by atoms with E-state index < -0.39 is 135 Å². The summed E-state index contributed by atoms with van der Waals surface area (Å²) in [7, 11) is 1.61. The SMILES string of the molecule is COc1ccc(N(c2ccccc2)c2ccc(-c3ccc(N(c4ccccc4)c4ccc(OC(F)(F)C(F)Oc5ccc(C(c6ccc(OC(F)C(C)(F)F)cc6)(C(F)(F)F)C(F)(F)F)cc5)cc4)cc3)cc2)cc1.FC(F)=C(F)Oc1ccc(C(c2ccc(OC(F)=C(F)F)cc2)(C(F)(F)F)C(F)(F)F)cc1.Oc1ccc(N(c2ccccc2)c2ccc(-c3ccc(N(c4ccccc4)c4ccc(O)cc4)cc3)cc2)cc1. The molecule has 0 aliphatic heterocycles. The van der Waals surface area contributed by atoms with Gasteiger partial charge in [0.1, 0.15) is 46.0 Å². The Morgan fingerprint density at radius 3 is 0.649 bits per heavy atom. The number of hydrogen-bond donors (Lipinski definition) is 2. The van der Waals surface area contributed by atoms with Gasteiger partial charge in [-0.05, 0) is 287 Å². The molecule has 16 aromatic rings. The summed E-state index contributed by atoms with van der Waals surface area (Å²) in [5.74, 6) is -6.75. The van der Waals surface area contributed by atoms with E-state index in [4.69, 9.17) is 4.74 Å². The Kier molecular flexibility index (Phi) is 32.5. The molecule has 0 heterocycles. The van der Waals surface area contributed by atoms with Gasteiger partial charge in [0.05, 0.1) is 7.11 Å². The predicted molar refractivity (Wildman–Crippen MR) is 513 cm³/mol. The minimum Gasteiger partial charge on any atom is -0.508 e. The number of para-hydroxylation sites is 4. The summed E-state index contributed by atoms with van der Waals surface area (Å²) >= 11 is 0. The van der Waals surface area contributed by atoms with Crippen molar-refractivity contribution in [3.63, 3.8) is 0 Å². The number of nitrogens with zero attached hydrogens (tertiary/aromatic N) is 4. The van der Waals surface area contributed by atoms with Crippen LogP contribution in [0, 0.1) is 0 Å². The molecule has 2 unspecified atom stereocenters. The second-order valence-corrected chi connectivity index (χ2v) is 32.4. The third-order valence-corrected chi connectivity index (χ3v) is 22.8. The highest BCUT2D eigenvalue weighted by atomic mass is 19.4. The molecule has 0 aliphatic carbocycles. The number of phenolic OH excluding ortho intramolecular Hbond substituents is 2. The van der Waals surface area contributed by atoms with Crippen molar-refractivity contribution in [3.05, 3.63) is 459 Å². The van der Waals surface area contributed by atoms with E-state index in [-0.39, 0.29) is 67.0 Å². The van der Waals surface area contributed by atoms with Crippen LogP contribution in [-0.4, -0.2) is 66.8 Å². The third-order valence-electron chi connectivity index (χ3n) is 22.8. The summed E-state index contributed by atoms with van der Waals surface area (Å²) in [6.45, 7) is 0.142. The molecule has 36 heteroatoms. The minimum atomic E-state index is -6.14. The second-order valence-electron chi connectivity index (χ2n) is 32.4. The normalized spacial score (nSPS) is 12.3. The van der Waals surface area contributed by atoms with E-state index in [1.165, 1.54) is 12.1 Å². The molecule has 762 valence electrons. The molecule has 148 heavy (non-hydrogen) atoms. The van der Waals surface area contributed by atoms with Gasteiger partial charge in [-0.1, -0.05) is 170 Å². The monoisotopic (exact) mass is 2060 g/mol. The average molecular weight is 2060 g/mol. The summed E-state index contributed by atoms with van der Waals surface area (Å²) in [6.07, 6.45) is -41.9. The molecule has 2 N–H and O–H groups in total. The minimum absolute atomic E-state index is 0.142. The Morgan fingerprint density at radius 2 is 0.432 bits per heavy atom. The topological polar surface area (TPSA) is 109 Å². The molecule has 0 bridgehead atoms. The van der Waals surface area contributed by atoms with E-state index in [0.717, 1.165) is 91.3 Å². The van der Waals surface area contributed by atoms with Crippen molar-refractivity contribution >= 4 is 68.2 Å². The van der Waals surface area contributed by atoms with Crippen LogP contribution in [0.1, 0.15) is 29.2 Å². The van der Waals surface area contributed by atoms with Gasteiger partial charge in [-0.15, -0.1) is 0 Å². The highest BCUT2D eigenvalue weighted by molar-refractivity contribution is 5.84. The van der Waals surface area contributed by atoms with Gasteiger partial charge in [-0.25, -0.2) is 0 Å². The molecule has 0 spiro atoms. The zero-order valence-electron chi connectivity index (χ0n) is 76.6. The molecule has 16 aromatic carbocycles. The van der Waals surface area contributed by atoms with Gasteiger partial charge in [0.2, 0.25) is 10.8 Å². The van der Waals surface area contributed by atoms with Crippen molar-refractivity contribution < 1.29 is 144 Å². The van der Waals surface area contributed by atoms with Gasteiger partial charge in [0.15, 0.2) is 0 Å². The molecule has 16 rings (SSSR count). The lowest BCUT2D eigenvalue weighted by atomic mass is 9.73. The van der Waals surface area contributed by atoms with Crippen LogP contribution in [0.5, 0.6) is 46.0 Å². The third kappa shape index (κ3) is 24.4. The Balaban J connectivity index is 0.000000197. The molecule has 0 saturated heterocycles. The molecule has 0 radical (unpaired) electrons. The number of alkyl halides is 18. The average Bonchev–Trinajstić information content (AvgIpc) is 0.717. The van der Waals surface area contributed by atoms with Crippen LogP contribution in [0.4, 0.5) is 174 Å². The van der Waals surface area contributed by atoms with Crippen LogP contribution in [-0.2, 0) is 10.8 Å². The fraction of sp³-hybridized carbons (Fsp3) is 0.107. The fourth-order valence-electron chi connectivity index (χ4n) is 15.9. The standard InChI is InChI=1S/C57H42F12N2O4.C36H28N2O2.C19H8F12O2/c1-53(60,61)51(58)73-48-29-17-39(18-30-48)54(56(64,65)66,57(67,68)69)40-19-31-49(32-20-40)74-52(59)55(62,63)75-50-35-27-46(28-36-50)71(42-11-7-4-8-12-42)44-23-15-38(16-24-44)37-13-21-43(22-14-37)70(41-9-5-3-6-10-41)45-25-33-47(72-2)34-26-45;39-35-23-19-33(20-24-35)37(29-7-3-1-4-8-29)31-15-11-27(12-16-31)28-13-17-32(18-14-28)38(30-9-5-2-6-10-30)34-21-25-36(40)26-22-34;20-13(21)15(24)32-11-5-1-9(2-6-11)17(18(26,27)28,19(29,30)31)10-3-7-12(8-4-10)33-16(25)14(22)23/h3-36,51-52H,1-2H3;1-26,39-40H;1-8H. The summed E-state index contributed by atoms with van der Waals surface area (Å²) in [6, 6.07) is 99.8. The molecule has 0 aliphatic rings. The van der Waals surface area contributed by atoms with Crippen LogP contribution in [0.15, 0.2) is 437 Å². The predicted octanol–water partition coefficient (Wildman–Crippen LogP) is 35.0. The molecular formula is C112H78F24N4O8. The highest BCUT2D eigenvalue weighted by Gasteiger charge is 2.74. The lowest BCUT2D eigenvalue weighted by molar-refractivity contribution is -0.290. The van der Waals surface area contributed by atoms with Crippen LogP contribution in [0.25, 0.3) is 22.3 Å². The van der Waals surface area contributed by atoms with Gasteiger partial charge in [-0.3, -0.25) is 0 Å². The number of halogens is 24. The molecule has 12 nitrogen and oxygen atoms in total. The zero-order chi connectivity index (χ0) is 106. The van der Waals surface area contributed by atoms with Gasteiger partial charge in [-0.2, -0.15) is 105 Å². The zero-order valence-corrected chi connectivity index (χ0v) is 76.6. The molecular weight excluding hydrogens is 1990 g/mol. The quantitative estimate of drug-likeness (QED) is 0.0319. The number of benzene rings is 16. The first kappa shape index (κ1) is 107. The summed E-state index contributed by atoms with van der Waals surface area (Å²) in [5.41, 5.74) is -0.647. The number of aromatic hydroxyl groups is 2. The summed E-state index contributed by atoms with van der Waals surface area (Å²) in [4.78, 5) is 8.29. The first-order chi connectivity index (χ1) is 70.3. The van der Waals surface area contributed by atoms with Crippen molar-refractivity contribution in [2.75, 3.05) is 26.7 Å². The maximum absolute atomic E-state index is 15.3. The van der Waals surface area contributed by atoms with Gasteiger partial charge < -0.3 is 58.2 Å². The van der Waals surface area contributed by atoms with E-state index in [2.05, 4.69) is 111 Å². The Hall–Kier alpha value is -17.1. The molecule has 2 atom stereocenters. The molecule has 0 fully saturated rings. The lowest BCUT2D eigenvalue weighted by Crippen LogP contribution is -2.54. The summed E-state index contributed by atoms with van der Waals surface area (Å²) in [5, 5.41) is 19.6. The van der Waals surface area contributed by atoms with E-state index in [1.807, 2.05) is 187 Å². The maximum atomic E-state index is 15.3. The smallest absolute Gasteiger partial charge is 0.468 e. The van der Waals surface area contributed by atoms with E-state index >= 15 is 13.2 Å². The van der Waals surface area contributed by atoms with Crippen molar-refractivity contribution in [3.8, 4) is 68.2 Å². The fourth-order valence-corrected chi connectivity index (χ4v) is 15.9. The molecule has 0 amide bonds. The van der Waals surface area contributed by atoms with Gasteiger partial charge in [0.25, 0.3) is 0 Å². The first-order valence-corrected chi connectivity index (χ1v) is 44.0. The Bertz CT molecular complexity index is 6860. The number of methoxy groups -OCH3 is 1. The maximum Gasteiger partial charge on any atom is 0.468 e. The largest absolute Gasteiger partial charge is 0.508 e. The Labute approximate surface area is 829 Å². The highest BCUT2D eigenvalue weighted by Crippen LogP contribution is 2.59. The van der Waals surface area contributed by atoms with Crippen LogP contribution in [0.2, 0.25) is 0 Å². The van der Waals surface area contributed by atoms with Gasteiger partial charge >= 0.3 is 73.6 Å². The number of ether oxygens (including phenoxy) is 6. The van der Waals surface area contributed by atoms with Crippen LogP contribution < -0.4 is 48.0 Å². The van der Waals surface area contributed by atoms with Gasteiger partial charge in [0, 0.05) is 75.2 Å². The number of rotatable bonds is 31. The molecule has 0 aromatic heterocycles. The van der Waals surface area contributed by atoms with E-state index in [9.17, 15) is 102 Å². The lowest BCUT2D eigenvalue weighted by Gasteiger charge is -2.38. The second kappa shape index (κ2) is 45.1. The number of phenols is 2. The Morgan fingerprint density at radius 1 is 0.236 bits per heavy atom.